The number of ether oxygens (including phenoxy) is 2. The molecule has 1 heterocycles. The predicted molar refractivity (Wildman–Crippen MR) is 112 cm³/mol. The van der Waals surface area contributed by atoms with Crippen molar-refractivity contribution in [2.45, 2.75) is 4.34 Å². The van der Waals surface area contributed by atoms with E-state index in [9.17, 15) is 9.59 Å². The summed E-state index contributed by atoms with van der Waals surface area (Å²) in [6.45, 7) is -0.466. The molecule has 0 aliphatic heterocycles. The average molecular weight is 431 g/mol. The highest BCUT2D eigenvalue weighted by molar-refractivity contribution is 8.01. The van der Waals surface area contributed by atoms with Gasteiger partial charge >= 0.3 is 5.97 Å². The number of hydrazone groups is 1. The molecule has 0 atom stereocenters. The van der Waals surface area contributed by atoms with Crippen molar-refractivity contribution in [1.29, 1.82) is 0 Å². The van der Waals surface area contributed by atoms with E-state index in [0.717, 1.165) is 14.6 Å². The highest BCUT2D eigenvalue weighted by Gasteiger charge is 2.08. The van der Waals surface area contributed by atoms with E-state index in [0.29, 0.717) is 17.1 Å². The van der Waals surface area contributed by atoms with Gasteiger partial charge in [0.2, 0.25) is 0 Å². The fourth-order valence-corrected chi connectivity index (χ4v) is 4.14. The fraction of sp³-hybridized carbons (Fsp3) is 0.158. The maximum Gasteiger partial charge on any atom is 0.341 e. The van der Waals surface area contributed by atoms with Crippen LogP contribution in [0.15, 0.2) is 51.9 Å². The Bertz CT molecular complexity index is 1020. The number of aliphatic carboxylic acids is 1. The Hall–Kier alpha value is -3.11. The predicted octanol–water partition coefficient (Wildman–Crippen LogP) is 3.01. The number of thiazole rings is 1. The Morgan fingerprint density at radius 1 is 1.28 bits per heavy atom. The smallest absolute Gasteiger partial charge is 0.341 e. The third kappa shape index (κ3) is 5.93. The highest BCUT2D eigenvalue weighted by Crippen LogP contribution is 2.29. The zero-order valence-corrected chi connectivity index (χ0v) is 17.0. The van der Waals surface area contributed by atoms with E-state index in [1.165, 1.54) is 25.1 Å². The molecule has 1 aromatic heterocycles. The second-order valence-corrected chi connectivity index (χ2v) is 7.88. The number of carboxylic acid groups (broad SMARTS) is 1. The largest absolute Gasteiger partial charge is 0.493 e. The van der Waals surface area contributed by atoms with Gasteiger partial charge in [0.05, 0.1) is 29.3 Å². The van der Waals surface area contributed by atoms with Crippen LogP contribution in [-0.2, 0) is 9.59 Å². The van der Waals surface area contributed by atoms with Crippen LogP contribution in [0.5, 0.6) is 11.5 Å². The van der Waals surface area contributed by atoms with Gasteiger partial charge in [0.1, 0.15) is 0 Å². The van der Waals surface area contributed by atoms with Gasteiger partial charge in [0.15, 0.2) is 22.4 Å². The number of carbonyl (C=O) groups excluding carboxylic acids is 1. The number of aromatic nitrogens is 1. The lowest BCUT2D eigenvalue weighted by molar-refractivity contribution is -0.139. The van der Waals surface area contributed by atoms with Crippen molar-refractivity contribution >= 4 is 51.4 Å². The first-order valence-electron chi connectivity index (χ1n) is 8.38. The lowest BCUT2D eigenvalue weighted by atomic mass is 10.2. The Kier molecular flexibility index (Phi) is 7.04. The quantitative estimate of drug-likeness (QED) is 0.304. The second kappa shape index (κ2) is 9.89. The number of nitrogens with one attached hydrogen (secondary N) is 1. The maximum absolute atomic E-state index is 12.0. The van der Waals surface area contributed by atoms with Crippen LogP contribution in [0.3, 0.4) is 0 Å². The SMILES string of the molecule is COc1cc(C=NNC(=O)CSc2nc3ccccc3s2)ccc1OCC(=O)O. The fourth-order valence-electron chi connectivity index (χ4n) is 2.27. The minimum atomic E-state index is -1.08. The van der Waals surface area contributed by atoms with Crippen LogP contribution in [0.2, 0.25) is 0 Å². The van der Waals surface area contributed by atoms with Crippen LogP contribution in [0.25, 0.3) is 10.2 Å². The van der Waals surface area contributed by atoms with E-state index in [-0.39, 0.29) is 11.7 Å². The lowest BCUT2D eigenvalue weighted by Gasteiger charge is -2.09. The number of thioether (sulfide) groups is 1. The molecular formula is C19H17N3O5S2. The van der Waals surface area contributed by atoms with Crippen LogP contribution in [-0.4, -0.2) is 47.7 Å². The van der Waals surface area contributed by atoms with Crippen LogP contribution >= 0.6 is 23.1 Å². The van der Waals surface area contributed by atoms with Gasteiger partial charge in [0.25, 0.3) is 5.91 Å². The summed E-state index contributed by atoms with van der Waals surface area (Å²) in [5.41, 5.74) is 4.04. The number of hydrogen-bond acceptors (Lipinski definition) is 8. The number of para-hydroxylation sites is 1. The summed E-state index contributed by atoms with van der Waals surface area (Å²) in [4.78, 5) is 27.0. The second-order valence-electron chi connectivity index (χ2n) is 5.62. The first-order valence-corrected chi connectivity index (χ1v) is 10.2. The molecule has 0 spiro atoms. The number of methoxy groups -OCH3 is 1. The zero-order valence-electron chi connectivity index (χ0n) is 15.3. The number of hydrogen-bond donors (Lipinski definition) is 2. The summed E-state index contributed by atoms with van der Waals surface area (Å²) in [6.07, 6.45) is 1.46. The van der Waals surface area contributed by atoms with Gasteiger partial charge in [-0.05, 0) is 35.9 Å². The summed E-state index contributed by atoms with van der Waals surface area (Å²) in [7, 11) is 1.45. The molecule has 0 saturated carbocycles. The number of amides is 1. The van der Waals surface area contributed by atoms with Crippen LogP contribution < -0.4 is 14.9 Å². The molecule has 3 aromatic rings. The number of rotatable bonds is 9. The van der Waals surface area contributed by atoms with E-state index >= 15 is 0 Å². The van der Waals surface area contributed by atoms with Gasteiger partial charge in [-0.25, -0.2) is 15.2 Å². The molecule has 0 aliphatic rings. The van der Waals surface area contributed by atoms with Crippen molar-refractivity contribution in [2.24, 2.45) is 5.10 Å². The maximum atomic E-state index is 12.0. The molecule has 0 unspecified atom stereocenters. The number of carbonyl (C=O) groups is 2. The normalized spacial score (nSPS) is 10.9. The van der Waals surface area contributed by atoms with Crippen molar-refractivity contribution in [3.05, 3.63) is 48.0 Å². The Morgan fingerprint density at radius 3 is 2.86 bits per heavy atom. The Labute approximate surface area is 174 Å². The van der Waals surface area contributed by atoms with E-state index in [1.807, 2.05) is 24.3 Å². The van der Waals surface area contributed by atoms with E-state index in [2.05, 4.69) is 15.5 Å². The molecule has 150 valence electrons. The molecule has 8 nitrogen and oxygen atoms in total. The van der Waals surface area contributed by atoms with E-state index in [4.69, 9.17) is 14.6 Å². The third-order valence-electron chi connectivity index (χ3n) is 3.54. The first kappa shape index (κ1) is 20.6. The zero-order chi connectivity index (χ0) is 20.6. The third-order valence-corrected chi connectivity index (χ3v) is 5.72. The molecule has 2 aromatic carbocycles. The molecule has 3 rings (SSSR count). The molecule has 1 amide bonds. The lowest BCUT2D eigenvalue weighted by Crippen LogP contribution is -2.19. The Morgan fingerprint density at radius 2 is 2.10 bits per heavy atom. The minimum absolute atomic E-state index is 0.197. The Balaban J connectivity index is 1.51. The molecule has 0 fully saturated rings. The number of nitrogens with zero attached hydrogens (tertiary/aromatic N) is 2. The summed E-state index contributed by atoms with van der Waals surface area (Å²) in [6, 6.07) is 12.7. The number of carboxylic acids is 1. The van der Waals surface area contributed by atoms with Gasteiger partial charge in [-0.2, -0.15) is 5.10 Å². The van der Waals surface area contributed by atoms with Gasteiger partial charge in [-0.3, -0.25) is 4.79 Å². The minimum Gasteiger partial charge on any atom is -0.493 e. The van der Waals surface area contributed by atoms with Crippen molar-refractivity contribution in [2.75, 3.05) is 19.5 Å². The van der Waals surface area contributed by atoms with Crippen LogP contribution in [0.1, 0.15) is 5.56 Å². The molecule has 2 N–H and O–H groups in total. The summed E-state index contributed by atoms with van der Waals surface area (Å²) >= 11 is 2.90. The molecular weight excluding hydrogens is 414 g/mol. The average Bonchev–Trinajstić information content (AvgIpc) is 3.14. The standard InChI is InChI=1S/C19H17N3O5S2/c1-26-15-8-12(6-7-14(15)27-10-18(24)25)9-20-22-17(23)11-28-19-21-13-4-2-3-5-16(13)29-19/h2-9H,10-11H2,1H3,(H,22,23)(H,24,25). The van der Waals surface area contributed by atoms with E-state index < -0.39 is 12.6 Å². The van der Waals surface area contributed by atoms with Gasteiger partial charge in [-0.15, -0.1) is 11.3 Å². The van der Waals surface area contributed by atoms with Gasteiger partial charge in [-0.1, -0.05) is 23.9 Å². The van der Waals surface area contributed by atoms with Crippen molar-refractivity contribution in [3.63, 3.8) is 0 Å². The van der Waals surface area contributed by atoms with Crippen molar-refractivity contribution in [3.8, 4) is 11.5 Å². The highest BCUT2D eigenvalue weighted by atomic mass is 32.2. The molecule has 10 heteroatoms. The molecule has 0 saturated heterocycles. The molecule has 0 bridgehead atoms. The van der Waals surface area contributed by atoms with Crippen LogP contribution in [0, 0.1) is 0 Å². The summed E-state index contributed by atoms with van der Waals surface area (Å²) in [5, 5.41) is 12.6. The van der Waals surface area contributed by atoms with Crippen molar-refractivity contribution < 1.29 is 24.2 Å². The molecule has 29 heavy (non-hydrogen) atoms. The van der Waals surface area contributed by atoms with Crippen molar-refractivity contribution in [1.82, 2.24) is 10.4 Å². The summed E-state index contributed by atoms with van der Waals surface area (Å²) in [5.74, 6) is -0.457. The molecule has 0 radical (unpaired) electrons. The molecule has 0 aliphatic carbocycles. The van der Waals surface area contributed by atoms with Crippen LogP contribution in [0.4, 0.5) is 0 Å². The first-order chi connectivity index (χ1) is 14.0. The van der Waals surface area contributed by atoms with Gasteiger partial charge < -0.3 is 14.6 Å². The summed E-state index contributed by atoms with van der Waals surface area (Å²) < 4.78 is 12.2. The topological polar surface area (TPSA) is 110 Å². The van der Waals surface area contributed by atoms with E-state index in [1.54, 1.807) is 29.5 Å². The number of fused-ring (bicyclic) bond motifs is 1. The number of benzene rings is 2. The van der Waals surface area contributed by atoms with Gasteiger partial charge in [0, 0.05) is 0 Å². The monoisotopic (exact) mass is 431 g/mol.